The molecule has 4 rings (SSSR count). The molecule has 0 aliphatic heterocycles. The number of halogens is 3. The quantitative estimate of drug-likeness (QED) is 0.518. The van der Waals surface area contributed by atoms with Crippen LogP contribution in [0.1, 0.15) is 42.9 Å². The number of hydrogen-bond acceptors (Lipinski definition) is 3. The molecule has 0 bridgehead atoms. The Morgan fingerprint density at radius 2 is 1.90 bits per heavy atom. The molecule has 2 aromatic heterocycles. The van der Waals surface area contributed by atoms with Crippen LogP contribution >= 0.6 is 0 Å². The number of hydrogen-bond donors (Lipinski definition) is 0. The van der Waals surface area contributed by atoms with Crippen molar-refractivity contribution in [3.63, 3.8) is 0 Å². The number of ether oxygens (including phenoxy) is 1. The van der Waals surface area contributed by atoms with Crippen molar-refractivity contribution in [1.29, 1.82) is 0 Å². The van der Waals surface area contributed by atoms with E-state index >= 15 is 0 Å². The summed E-state index contributed by atoms with van der Waals surface area (Å²) in [6, 6.07) is 12.1. The molecule has 0 N–H and O–H groups in total. The van der Waals surface area contributed by atoms with Crippen molar-refractivity contribution >= 4 is 6.08 Å². The lowest BCUT2D eigenvalue weighted by Gasteiger charge is -2.24. The zero-order chi connectivity index (χ0) is 20.3. The second-order valence-electron chi connectivity index (χ2n) is 7.08. The van der Waals surface area contributed by atoms with Crippen molar-refractivity contribution in [1.82, 2.24) is 14.8 Å². The summed E-state index contributed by atoms with van der Waals surface area (Å²) in [5.41, 5.74) is 1.58. The topological polar surface area (TPSA) is 39.9 Å². The standard InChI is InChI=1S/C22H20F3N3O/c23-22(24,25)18-7-10-21(26-15-18)29-20-4-1-3-17(14-20)13-16-5-8-19(9-6-16)28-12-2-11-27-28/h1-4,7,10-15,19H,5-6,8-9H2. The van der Waals surface area contributed by atoms with Gasteiger partial charge in [-0.3, -0.25) is 4.68 Å². The van der Waals surface area contributed by atoms with Crippen LogP contribution in [0.25, 0.3) is 6.08 Å². The van der Waals surface area contributed by atoms with Crippen LogP contribution in [0.3, 0.4) is 0 Å². The summed E-state index contributed by atoms with van der Waals surface area (Å²) in [4.78, 5) is 3.75. The number of allylic oxidation sites excluding steroid dienone is 1. The first kappa shape index (κ1) is 19.2. The Kier molecular flexibility index (Phi) is 5.38. The van der Waals surface area contributed by atoms with Gasteiger partial charge in [-0.15, -0.1) is 0 Å². The lowest BCUT2D eigenvalue weighted by atomic mass is 9.90. The van der Waals surface area contributed by atoms with Gasteiger partial charge in [-0.05, 0) is 55.5 Å². The van der Waals surface area contributed by atoms with Gasteiger partial charge in [0.05, 0.1) is 11.6 Å². The zero-order valence-corrected chi connectivity index (χ0v) is 15.6. The fourth-order valence-corrected chi connectivity index (χ4v) is 3.51. The van der Waals surface area contributed by atoms with Crippen molar-refractivity contribution < 1.29 is 17.9 Å². The van der Waals surface area contributed by atoms with E-state index in [2.05, 4.69) is 16.2 Å². The molecule has 0 saturated heterocycles. The van der Waals surface area contributed by atoms with E-state index in [4.69, 9.17) is 4.74 Å². The van der Waals surface area contributed by atoms with Crippen LogP contribution in [0.2, 0.25) is 0 Å². The van der Waals surface area contributed by atoms with E-state index in [1.807, 2.05) is 41.3 Å². The minimum atomic E-state index is -4.41. The van der Waals surface area contributed by atoms with E-state index < -0.39 is 11.7 Å². The summed E-state index contributed by atoms with van der Waals surface area (Å²) < 4.78 is 45.6. The van der Waals surface area contributed by atoms with Crippen molar-refractivity contribution in [2.24, 2.45) is 0 Å². The zero-order valence-electron chi connectivity index (χ0n) is 15.6. The molecule has 0 spiro atoms. The number of rotatable bonds is 4. The molecule has 1 aliphatic carbocycles. The van der Waals surface area contributed by atoms with Gasteiger partial charge in [0.15, 0.2) is 0 Å². The van der Waals surface area contributed by atoms with Gasteiger partial charge in [0.2, 0.25) is 5.88 Å². The highest BCUT2D eigenvalue weighted by Crippen LogP contribution is 2.33. The third-order valence-corrected chi connectivity index (χ3v) is 5.01. The molecule has 29 heavy (non-hydrogen) atoms. The highest BCUT2D eigenvalue weighted by molar-refractivity contribution is 5.55. The largest absolute Gasteiger partial charge is 0.439 e. The Labute approximate surface area is 166 Å². The molecule has 0 amide bonds. The van der Waals surface area contributed by atoms with E-state index in [9.17, 15) is 13.2 Å². The molecule has 1 aliphatic rings. The lowest BCUT2D eigenvalue weighted by molar-refractivity contribution is -0.137. The summed E-state index contributed by atoms with van der Waals surface area (Å²) in [7, 11) is 0. The van der Waals surface area contributed by atoms with Crippen molar-refractivity contribution in [2.75, 3.05) is 0 Å². The highest BCUT2D eigenvalue weighted by Gasteiger charge is 2.30. The van der Waals surface area contributed by atoms with Crippen LogP contribution in [0.5, 0.6) is 11.6 Å². The lowest BCUT2D eigenvalue weighted by Crippen LogP contribution is -2.14. The van der Waals surface area contributed by atoms with Gasteiger partial charge in [-0.25, -0.2) is 4.98 Å². The molecule has 0 atom stereocenters. The predicted molar refractivity (Wildman–Crippen MR) is 103 cm³/mol. The molecule has 3 aromatic rings. The molecule has 2 heterocycles. The van der Waals surface area contributed by atoms with E-state index in [0.29, 0.717) is 11.8 Å². The average Bonchev–Trinajstić information content (AvgIpc) is 3.23. The minimum absolute atomic E-state index is 0.127. The molecule has 0 unspecified atom stereocenters. The summed E-state index contributed by atoms with van der Waals surface area (Å²) in [6.45, 7) is 0. The number of alkyl halides is 3. The second kappa shape index (κ2) is 8.11. The fourth-order valence-electron chi connectivity index (χ4n) is 3.51. The molecule has 7 heteroatoms. The van der Waals surface area contributed by atoms with Gasteiger partial charge >= 0.3 is 6.18 Å². The first-order chi connectivity index (χ1) is 14.0. The van der Waals surface area contributed by atoms with Gasteiger partial charge in [0, 0.05) is 24.7 Å². The molecular formula is C22H20F3N3O. The van der Waals surface area contributed by atoms with Crippen LogP contribution in [0.15, 0.2) is 66.6 Å². The third-order valence-electron chi connectivity index (χ3n) is 5.01. The summed E-state index contributed by atoms with van der Waals surface area (Å²) in [5, 5.41) is 4.33. The number of benzene rings is 1. The minimum Gasteiger partial charge on any atom is -0.439 e. The van der Waals surface area contributed by atoms with Gasteiger partial charge in [0.1, 0.15) is 5.75 Å². The van der Waals surface area contributed by atoms with Crippen LogP contribution in [0, 0.1) is 0 Å². The van der Waals surface area contributed by atoms with E-state index in [-0.39, 0.29) is 5.88 Å². The van der Waals surface area contributed by atoms with Gasteiger partial charge in [-0.1, -0.05) is 23.8 Å². The maximum atomic E-state index is 12.6. The van der Waals surface area contributed by atoms with Crippen molar-refractivity contribution in [2.45, 2.75) is 37.9 Å². The Balaban J connectivity index is 1.40. The summed E-state index contributed by atoms with van der Waals surface area (Å²) >= 11 is 0. The van der Waals surface area contributed by atoms with Crippen molar-refractivity contribution in [3.05, 3.63) is 77.8 Å². The monoisotopic (exact) mass is 399 g/mol. The first-order valence-corrected chi connectivity index (χ1v) is 9.47. The van der Waals surface area contributed by atoms with Crippen LogP contribution in [-0.4, -0.2) is 14.8 Å². The molecule has 1 aromatic carbocycles. The van der Waals surface area contributed by atoms with Crippen LogP contribution in [-0.2, 0) is 6.18 Å². The Hall–Kier alpha value is -3.09. The normalized spacial score (nSPS) is 17.2. The van der Waals surface area contributed by atoms with Crippen LogP contribution < -0.4 is 4.74 Å². The molecule has 150 valence electrons. The van der Waals surface area contributed by atoms with Gasteiger partial charge in [0.25, 0.3) is 0 Å². The smallest absolute Gasteiger partial charge is 0.417 e. The molecule has 1 saturated carbocycles. The Morgan fingerprint density at radius 1 is 1.07 bits per heavy atom. The fraction of sp³-hybridized carbons (Fsp3) is 0.273. The average molecular weight is 399 g/mol. The molecule has 0 radical (unpaired) electrons. The maximum absolute atomic E-state index is 12.6. The number of nitrogens with zero attached hydrogens (tertiary/aromatic N) is 3. The SMILES string of the molecule is FC(F)(F)c1ccc(Oc2cccc(C=C3CCC(n4cccn4)CC3)c2)nc1. The van der Waals surface area contributed by atoms with Crippen LogP contribution in [0.4, 0.5) is 13.2 Å². The first-order valence-electron chi connectivity index (χ1n) is 9.47. The van der Waals surface area contributed by atoms with E-state index in [1.165, 1.54) is 11.6 Å². The molecular weight excluding hydrogens is 379 g/mol. The second-order valence-corrected chi connectivity index (χ2v) is 7.08. The third kappa shape index (κ3) is 4.85. The Bertz CT molecular complexity index is 969. The summed E-state index contributed by atoms with van der Waals surface area (Å²) in [6.07, 6.45) is 6.47. The van der Waals surface area contributed by atoms with E-state index in [1.54, 1.807) is 6.07 Å². The number of pyridine rings is 1. The molecule has 4 nitrogen and oxygen atoms in total. The Morgan fingerprint density at radius 3 is 2.55 bits per heavy atom. The van der Waals surface area contributed by atoms with Crippen molar-refractivity contribution in [3.8, 4) is 11.6 Å². The maximum Gasteiger partial charge on any atom is 0.417 e. The van der Waals surface area contributed by atoms with Gasteiger partial charge in [-0.2, -0.15) is 18.3 Å². The van der Waals surface area contributed by atoms with Gasteiger partial charge < -0.3 is 4.74 Å². The van der Waals surface area contributed by atoms with E-state index in [0.717, 1.165) is 43.5 Å². The highest BCUT2D eigenvalue weighted by atomic mass is 19.4. The predicted octanol–water partition coefficient (Wildman–Crippen LogP) is 6.29. The number of aromatic nitrogens is 3. The summed E-state index contributed by atoms with van der Waals surface area (Å²) in [5.74, 6) is 0.666. The molecule has 1 fully saturated rings.